The van der Waals surface area contributed by atoms with Crippen LogP contribution in [-0.2, 0) is 9.59 Å². The molecule has 0 bridgehead atoms. The molecule has 0 radical (unpaired) electrons. The van der Waals surface area contributed by atoms with Crippen LogP contribution in [0.4, 0.5) is 10.5 Å². The van der Waals surface area contributed by atoms with Gasteiger partial charge in [0.05, 0.1) is 5.69 Å². The van der Waals surface area contributed by atoms with Gasteiger partial charge < -0.3 is 10.2 Å². The zero-order chi connectivity index (χ0) is 18.3. The van der Waals surface area contributed by atoms with Crippen molar-refractivity contribution >= 4 is 35.3 Å². The standard InChI is InChI=1S/C19H23N3O3S/c1-13-8-11-21(14-6-2-3-7-15(14)26-13)16(23)12-22-17(24)19(20-18(22)25)9-4-5-10-19/h2-3,6-7,13H,4-5,8-12H2,1H3,(H,20,25)/t13-/m1/s1. The third-order valence-corrected chi connectivity index (χ3v) is 6.78. The predicted octanol–water partition coefficient (Wildman–Crippen LogP) is 2.77. The second-order valence-electron chi connectivity index (χ2n) is 7.34. The molecule has 26 heavy (non-hydrogen) atoms. The van der Waals surface area contributed by atoms with E-state index >= 15 is 0 Å². The van der Waals surface area contributed by atoms with E-state index < -0.39 is 11.6 Å². The first-order chi connectivity index (χ1) is 12.5. The summed E-state index contributed by atoms with van der Waals surface area (Å²) in [6.07, 6.45) is 4.08. The Bertz CT molecular complexity index is 760. The molecule has 1 aliphatic carbocycles. The van der Waals surface area contributed by atoms with Crippen molar-refractivity contribution in [2.24, 2.45) is 0 Å². The lowest BCUT2D eigenvalue weighted by atomic mass is 9.98. The fourth-order valence-electron chi connectivity index (χ4n) is 4.10. The molecule has 4 rings (SSSR count). The summed E-state index contributed by atoms with van der Waals surface area (Å²) in [4.78, 5) is 42.1. The number of imide groups is 1. The number of carbonyl (C=O) groups is 3. The highest BCUT2D eigenvalue weighted by Gasteiger charge is 2.52. The Balaban J connectivity index is 1.55. The quantitative estimate of drug-likeness (QED) is 0.810. The van der Waals surface area contributed by atoms with Gasteiger partial charge in [-0.1, -0.05) is 31.9 Å². The molecule has 2 fully saturated rings. The van der Waals surface area contributed by atoms with Gasteiger partial charge in [0.2, 0.25) is 5.91 Å². The number of hydrogen-bond donors (Lipinski definition) is 1. The van der Waals surface area contributed by atoms with Gasteiger partial charge in [0.1, 0.15) is 12.1 Å². The summed E-state index contributed by atoms with van der Waals surface area (Å²) in [5.74, 6) is -0.440. The van der Waals surface area contributed by atoms with E-state index in [4.69, 9.17) is 0 Å². The Kier molecular flexibility index (Phi) is 4.42. The molecule has 1 aromatic rings. The first-order valence-corrected chi connectivity index (χ1v) is 10.1. The molecule has 1 aromatic carbocycles. The monoisotopic (exact) mass is 373 g/mol. The summed E-state index contributed by atoms with van der Waals surface area (Å²) in [5.41, 5.74) is 0.104. The van der Waals surface area contributed by atoms with Crippen LogP contribution in [0.15, 0.2) is 29.2 Å². The van der Waals surface area contributed by atoms with E-state index in [0.29, 0.717) is 24.6 Å². The minimum absolute atomic E-state index is 0.195. The van der Waals surface area contributed by atoms with Gasteiger partial charge in [0, 0.05) is 16.7 Å². The smallest absolute Gasteiger partial charge is 0.323 e. The summed E-state index contributed by atoms with van der Waals surface area (Å²) in [6, 6.07) is 7.40. The maximum Gasteiger partial charge on any atom is 0.325 e. The number of hydrogen-bond acceptors (Lipinski definition) is 4. The molecule has 0 aromatic heterocycles. The second kappa shape index (κ2) is 6.61. The van der Waals surface area contributed by atoms with Crippen molar-refractivity contribution in [2.45, 2.75) is 54.7 Å². The van der Waals surface area contributed by atoms with Crippen molar-refractivity contribution in [3.05, 3.63) is 24.3 Å². The van der Waals surface area contributed by atoms with Crippen LogP contribution in [0.25, 0.3) is 0 Å². The van der Waals surface area contributed by atoms with Crippen molar-refractivity contribution in [1.29, 1.82) is 0 Å². The molecule has 0 unspecified atom stereocenters. The van der Waals surface area contributed by atoms with Crippen molar-refractivity contribution in [1.82, 2.24) is 10.2 Å². The molecule has 2 aliphatic heterocycles. The number of para-hydroxylation sites is 1. The lowest BCUT2D eigenvalue weighted by Gasteiger charge is -2.25. The lowest BCUT2D eigenvalue weighted by Crippen LogP contribution is -2.46. The van der Waals surface area contributed by atoms with E-state index in [0.717, 1.165) is 34.7 Å². The van der Waals surface area contributed by atoms with Crippen LogP contribution >= 0.6 is 11.8 Å². The van der Waals surface area contributed by atoms with Gasteiger partial charge in [-0.25, -0.2) is 4.79 Å². The Morgan fingerprint density at radius 1 is 1.27 bits per heavy atom. The molecule has 4 amide bonds. The van der Waals surface area contributed by atoms with E-state index in [-0.39, 0.29) is 18.4 Å². The van der Waals surface area contributed by atoms with Crippen LogP contribution in [0.2, 0.25) is 0 Å². The molecular formula is C19H23N3O3S. The average Bonchev–Trinajstić information content (AvgIpc) is 3.11. The third-order valence-electron chi connectivity index (χ3n) is 5.54. The molecule has 1 N–H and O–H groups in total. The van der Waals surface area contributed by atoms with Crippen LogP contribution in [0.1, 0.15) is 39.0 Å². The van der Waals surface area contributed by atoms with E-state index in [1.165, 1.54) is 0 Å². The minimum atomic E-state index is -0.765. The minimum Gasteiger partial charge on any atom is -0.323 e. The Hall–Kier alpha value is -2.02. The third kappa shape index (κ3) is 2.88. The van der Waals surface area contributed by atoms with Crippen molar-refractivity contribution < 1.29 is 14.4 Å². The maximum atomic E-state index is 13.0. The Labute approximate surface area is 157 Å². The average molecular weight is 373 g/mol. The molecular weight excluding hydrogens is 350 g/mol. The number of nitrogens with one attached hydrogen (secondary N) is 1. The number of nitrogens with zero attached hydrogens (tertiary/aromatic N) is 2. The number of fused-ring (bicyclic) bond motifs is 1. The first-order valence-electron chi connectivity index (χ1n) is 9.20. The maximum absolute atomic E-state index is 13.0. The lowest BCUT2D eigenvalue weighted by molar-refractivity contribution is -0.134. The second-order valence-corrected chi connectivity index (χ2v) is 8.82. The normalized spacial score (nSPS) is 24.6. The van der Waals surface area contributed by atoms with Gasteiger partial charge in [-0.2, -0.15) is 0 Å². The number of thioether (sulfide) groups is 1. The topological polar surface area (TPSA) is 69.7 Å². The molecule has 1 saturated carbocycles. The Morgan fingerprint density at radius 3 is 2.77 bits per heavy atom. The number of anilines is 1. The van der Waals surface area contributed by atoms with Crippen LogP contribution in [0, 0.1) is 0 Å². The first kappa shape index (κ1) is 17.4. The van der Waals surface area contributed by atoms with Crippen LogP contribution in [-0.4, -0.2) is 46.6 Å². The molecule has 1 spiro atoms. The summed E-state index contributed by atoms with van der Waals surface area (Å²) in [7, 11) is 0. The summed E-state index contributed by atoms with van der Waals surface area (Å²) < 4.78 is 0. The van der Waals surface area contributed by atoms with Crippen LogP contribution in [0.5, 0.6) is 0 Å². The fourth-order valence-corrected chi connectivity index (χ4v) is 5.22. The molecule has 2 heterocycles. The zero-order valence-corrected chi connectivity index (χ0v) is 15.7. The molecule has 7 heteroatoms. The number of rotatable bonds is 2. The van der Waals surface area contributed by atoms with Gasteiger partial charge in [-0.15, -0.1) is 11.8 Å². The van der Waals surface area contributed by atoms with E-state index in [2.05, 4.69) is 12.2 Å². The van der Waals surface area contributed by atoms with Gasteiger partial charge in [0.25, 0.3) is 5.91 Å². The highest BCUT2D eigenvalue weighted by Crippen LogP contribution is 2.38. The summed E-state index contributed by atoms with van der Waals surface area (Å²) in [6.45, 7) is 2.55. The molecule has 6 nitrogen and oxygen atoms in total. The number of amides is 4. The predicted molar refractivity (Wildman–Crippen MR) is 100 cm³/mol. The molecule has 138 valence electrons. The van der Waals surface area contributed by atoms with Crippen molar-refractivity contribution in [2.75, 3.05) is 18.0 Å². The summed E-state index contributed by atoms with van der Waals surface area (Å²) >= 11 is 1.76. The summed E-state index contributed by atoms with van der Waals surface area (Å²) in [5, 5.41) is 3.25. The molecule has 1 saturated heterocycles. The SMILES string of the molecule is C[C@@H]1CCN(C(=O)CN2C(=O)NC3(CCCC3)C2=O)c2ccccc2S1. The van der Waals surface area contributed by atoms with Gasteiger partial charge in [-0.05, 0) is 31.4 Å². The highest BCUT2D eigenvalue weighted by atomic mass is 32.2. The van der Waals surface area contributed by atoms with Crippen LogP contribution in [0.3, 0.4) is 0 Å². The van der Waals surface area contributed by atoms with Crippen molar-refractivity contribution in [3.63, 3.8) is 0 Å². The van der Waals surface area contributed by atoms with E-state index in [1.807, 2.05) is 24.3 Å². The van der Waals surface area contributed by atoms with Gasteiger partial charge >= 0.3 is 6.03 Å². The van der Waals surface area contributed by atoms with Crippen molar-refractivity contribution in [3.8, 4) is 0 Å². The van der Waals surface area contributed by atoms with Crippen LogP contribution < -0.4 is 10.2 Å². The Morgan fingerprint density at radius 2 is 2.00 bits per heavy atom. The van der Waals surface area contributed by atoms with E-state index in [1.54, 1.807) is 16.7 Å². The largest absolute Gasteiger partial charge is 0.325 e. The number of carbonyl (C=O) groups excluding carboxylic acids is 3. The van der Waals surface area contributed by atoms with E-state index in [9.17, 15) is 14.4 Å². The highest BCUT2D eigenvalue weighted by molar-refractivity contribution is 8.00. The molecule has 1 atom stereocenters. The fraction of sp³-hybridized carbons (Fsp3) is 0.526. The molecule has 3 aliphatic rings. The van der Waals surface area contributed by atoms with Gasteiger partial charge in [-0.3, -0.25) is 14.5 Å². The zero-order valence-electron chi connectivity index (χ0n) is 14.9. The number of benzene rings is 1. The number of urea groups is 1. The van der Waals surface area contributed by atoms with Gasteiger partial charge in [0.15, 0.2) is 0 Å².